The molecule has 0 spiro atoms. The molecule has 8 nitrogen and oxygen atoms in total. The summed E-state index contributed by atoms with van der Waals surface area (Å²) in [4.78, 5) is 12.0. The molecule has 0 radical (unpaired) electrons. The summed E-state index contributed by atoms with van der Waals surface area (Å²) in [5, 5.41) is 7.86. The third-order valence-electron chi connectivity index (χ3n) is 5.37. The third kappa shape index (κ3) is 7.04. The van der Waals surface area contributed by atoms with Crippen LogP contribution in [0.1, 0.15) is 30.8 Å². The van der Waals surface area contributed by atoms with Crippen molar-refractivity contribution in [1.82, 2.24) is 25.2 Å². The number of hydrogen-bond acceptors (Lipinski definition) is 4. The van der Waals surface area contributed by atoms with Crippen LogP contribution >= 0.6 is 24.0 Å². The molecule has 3 N–H and O–H groups in total. The van der Waals surface area contributed by atoms with E-state index in [4.69, 9.17) is 9.47 Å². The molecule has 32 heavy (non-hydrogen) atoms. The van der Waals surface area contributed by atoms with Crippen LogP contribution in [-0.2, 0) is 13.0 Å². The Morgan fingerprint density at radius 2 is 1.88 bits per heavy atom. The number of halogens is 1. The Bertz CT molecular complexity index is 998. The number of unbranched alkanes of at least 4 members (excludes halogenated alkanes) is 1. The van der Waals surface area contributed by atoms with Crippen molar-refractivity contribution < 1.29 is 9.47 Å². The summed E-state index contributed by atoms with van der Waals surface area (Å²) in [5.74, 6) is 3.53. The van der Waals surface area contributed by atoms with E-state index in [1.165, 1.54) is 5.69 Å². The maximum atomic E-state index is 5.50. The van der Waals surface area contributed by atoms with Gasteiger partial charge in [0.1, 0.15) is 17.3 Å². The zero-order valence-electron chi connectivity index (χ0n) is 19.4. The fraction of sp³-hybridized carbons (Fsp3) is 0.478. The van der Waals surface area contributed by atoms with Crippen molar-refractivity contribution in [3.05, 3.63) is 42.1 Å². The molecule has 0 aliphatic carbocycles. The van der Waals surface area contributed by atoms with Crippen LogP contribution in [0, 0.1) is 6.92 Å². The van der Waals surface area contributed by atoms with Crippen molar-refractivity contribution in [2.75, 3.05) is 34.4 Å². The molecule has 0 bridgehead atoms. The van der Waals surface area contributed by atoms with Crippen molar-refractivity contribution >= 4 is 40.8 Å². The second-order valence-corrected chi connectivity index (χ2v) is 7.49. The van der Waals surface area contributed by atoms with Crippen molar-refractivity contribution in [3.63, 3.8) is 0 Å². The lowest BCUT2D eigenvalue weighted by atomic mass is 10.2. The van der Waals surface area contributed by atoms with Gasteiger partial charge in [0.05, 0.1) is 19.7 Å². The minimum absolute atomic E-state index is 0. The van der Waals surface area contributed by atoms with Gasteiger partial charge >= 0.3 is 0 Å². The molecular formula is C23H35IN6O2. The molecule has 0 unspecified atom stereocenters. The number of nitrogens with zero attached hydrogens (tertiary/aromatic N) is 3. The first-order valence-electron chi connectivity index (χ1n) is 10.8. The monoisotopic (exact) mass is 554 g/mol. The Morgan fingerprint density at radius 3 is 2.53 bits per heavy atom. The van der Waals surface area contributed by atoms with Gasteiger partial charge in [-0.25, -0.2) is 4.98 Å². The molecule has 3 rings (SSSR count). The Balaban J connectivity index is 0.00000363. The predicted octanol–water partition coefficient (Wildman–Crippen LogP) is 3.89. The number of aromatic nitrogens is 3. The number of imidazole rings is 1. The van der Waals surface area contributed by atoms with Gasteiger partial charge in [0.2, 0.25) is 0 Å². The van der Waals surface area contributed by atoms with Gasteiger partial charge in [-0.05, 0) is 38.7 Å². The first kappa shape index (κ1) is 25.8. The number of ether oxygens (including phenoxy) is 2. The average Bonchev–Trinajstić information content (AvgIpc) is 3.39. The van der Waals surface area contributed by atoms with Gasteiger partial charge in [0, 0.05) is 62.3 Å². The van der Waals surface area contributed by atoms with Crippen LogP contribution in [0.2, 0.25) is 0 Å². The number of guanidine groups is 1. The molecule has 0 saturated heterocycles. The number of H-pyrrole nitrogens is 1. The lowest BCUT2D eigenvalue weighted by molar-refractivity contribution is 0.398. The highest BCUT2D eigenvalue weighted by Crippen LogP contribution is 2.31. The van der Waals surface area contributed by atoms with Gasteiger partial charge in [-0.1, -0.05) is 0 Å². The minimum atomic E-state index is 0. The molecule has 0 amide bonds. The number of rotatable bonds is 11. The van der Waals surface area contributed by atoms with Crippen LogP contribution in [0.5, 0.6) is 11.5 Å². The van der Waals surface area contributed by atoms with E-state index in [0.717, 1.165) is 79.5 Å². The number of aromatic amines is 1. The second-order valence-electron chi connectivity index (χ2n) is 7.49. The molecule has 0 aliphatic rings. The molecule has 0 saturated carbocycles. The highest BCUT2D eigenvalue weighted by molar-refractivity contribution is 14.0. The third-order valence-corrected chi connectivity index (χ3v) is 5.37. The van der Waals surface area contributed by atoms with Crippen LogP contribution in [0.15, 0.2) is 35.6 Å². The number of aryl methyl sites for hydroxylation is 3. The van der Waals surface area contributed by atoms with E-state index in [1.807, 2.05) is 38.5 Å². The van der Waals surface area contributed by atoms with E-state index in [1.54, 1.807) is 14.2 Å². The van der Waals surface area contributed by atoms with Crippen LogP contribution in [0.3, 0.4) is 0 Å². The smallest absolute Gasteiger partial charge is 0.190 e. The SMILES string of the molecule is CN=C(NCCCCn1ccnc1C)NCCCc1cc2c(OC)cc(OC)cc2[nH]1.I. The minimum Gasteiger partial charge on any atom is -0.497 e. The van der Waals surface area contributed by atoms with Gasteiger partial charge in [-0.3, -0.25) is 4.99 Å². The van der Waals surface area contributed by atoms with Crippen LogP contribution in [0.4, 0.5) is 0 Å². The zero-order chi connectivity index (χ0) is 22.1. The Kier molecular flexibility index (Phi) is 10.6. The summed E-state index contributed by atoms with van der Waals surface area (Å²) in [6, 6.07) is 6.07. The molecule has 9 heteroatoms. The maximum Gasteiger partial charge on any atom is 0.190 e. The molecule has 0 fully saturated rings. The molecule has 0 aliphatic heterocycles. The summed E-state index contributed by atoms with van der Waals surface area (Å²) >= 11 is 0. The van der Waals surface area contributed by atoms with Gasteiger partial charge in [-0.15, -0.1) is 24.0 Å². The van der Waals surface area contributed by atoms with Gasteiger partial charge < -0.3 is 29.7 Å². The van der Waals surface area contributed by atoms with E-state index in [-0.39, 0.29) is 24.0 Å². The zero-order valence-corrected chi connectivity index (χ0v) is 21.7. The normalized spacial score (nSPS) is 11.3. The summed E-state index contributed by atoms with van der Waals surface area (Å²) in [6.07, 6.45) is 8.00. The molecule has 2 aromatic heterocycles. The fourth-order valence-electron chi connectivity index (χ4n) is 3.62. The van der Waals surface area contributed by atoms with E-state index in [2.05, 4.69) is 36.2 Å². The highest BCUT2D eigenvalue weighted by Gasteiger charge is 2.09. The molecule has 176 valence electrons. The first-order chi connectivity index (χ1) is 15.1. The summed E-state index contributed by atoms with van der Waals surface area (Å²) in [6.45, 7) is 4.79. The maximum absolute atomic E-state index is 5.50. The van der Waals surface area contributed by atoms with Crippen LogP contribution in [0.25, 0.3) is 10.9 Å². The predicted molar refractivity (Wildman–Crippen MR) is 141 cm³/mol. The second kappa shape index (κ2) is 13.2. The van der Waals surface area contributed by atoms with Crippen molar-refractivity contribution in [2.24, 2.45) is 4.99 Å². The standard InChI is InChI=1S/C23H34N6O2.HI/c1-17-25-11-13-29(17)12-6-5-9-26-23(24-2)27-10-7-8-18-14-20-21(28-18)15-19(30-3)16-22(20)31-4;/h11,13-16,28H,5-10,12H2,1-4H3,(H2,24,26,27);1H. The molecule has 0 atom stereocenters. The molecule has 1 aromatic carbocycles. The number of hydrogen-bond donors (Lipinski definition) is 3. The van der Waals surface area contributed by atoms with E-state index in [0.29, 0.717) is 0 Å². The fourth-order valence-corrected chi connectivity index (χ4v) is 3.62. The van der Waals surface area contributed by atoms with E-state index >= 15 is 0 Å². The molecule has 3 aromatic rings. The first-order valence-corrected chi connectivity index (χ1v) is 10.8. The number of nitrogens with one attached hydrogen (secondary N) is 3. The van der Waals surface area contributed by atoms with Gasteiger partial charge in [-0.2, -0.15) is 0 Å². The van der Waals surface area contributed by atoms with E-state index < -0.39 is 0 Å². The van der Waals surface area contributed by atoms with Gasteiger partial charge in [0.15, 0.2) is 5.96 Å². The molecule has 2 heterocycles. The molecular weight excluding hydrogens is 519 g/mol. The lowest BCUT2D eigenvalue weighted by Crippen LogP contribution is -2.38. The van der Waals surface area contributed by atoms with Gasteiger partial charge in [0.25, 0.3) is 0 Å². The number of methoxy groups -OCH3 is 2. The van der Waals surface area contributed by atoms with Crippen LogP contribution < -0.4 is 20.1 Å². The van der Waals surface area contributed by atoms with Crippen molar-refractivity contribution in [2.45, 2.75) is 39.2 Å². The number of benzene rings is 1. The van der Waals surface area contributed by atoms with E-state index in [9.17, 15) is 0 Å². The Labute approximate surface area is 207 Å². The summed E-state index contributed by atoms with van der Waals surface area (Å²) < 4.78 is 13.0. The largest absolute Gasteiger partial charge is 0.497 e. The lowest BCUT2D eigenvalue weighted by Gasteiger charge is -2.12. The quantitative estimate of drug-likeness (QED) is 0.145. The van der Waals surface area contributed by atoms with Crippen molar-refractivity contribution in [1.29, 1.82) is 0 Å². The highest BCUT2D eigenvalue weighted by atomic mass is 127. The Morgan fingerprint density at radius 1 is 1.09 bits per heavy atom. The summed E-state index contributed by atoms with van der Waals surface area (Å²) in [7, 11) is 5.15. The Hall–Kier alpha value is -2.43. The van der Waals surface area contributed by atoms with Crippen LogP contribution in [-0.4, -0.2) is 54.9 Å². The number of fused-ring (bicyclic) bond motifs is 1. The number of aliphatic imine (C=N–C) groups is 1. The van der Waals surface area contributed by atoms with Crippen molar-refractivity contribution in [3.8, 4) is 11.5 Å². The summed E-state index contributed by atoms with van der Waals surface area (Å²) in [5.41, 5.74) is 2.21. The average molecular weight is 554 g/mol. The topological polar surface area (TPSA) is 88.5 Å².